The zero-order valence-corrected chi connectivity index (χ0v) is 15.3. The molecule has 136 valence electrons. The Morgan fingerprint density at radius 2 is 2.07 bits per heavy atom. The molecular weight excluding hydrogens is 342 g/mol. The minimum atomic E-state index is 0.0993. The summed E-state index contributed by atoms with van der Waals surface area (Å²) in [5.74, 6) is 1.11. The van der Waals surface area contributed by atoms with Gasteiger partial charge in [-0.1, -0.05) is 0 Å². The first-order valence-electron chi connectivity index (χ1n) is 8.85. The van der Waals surface area contributed by atoms with Gasteiger partial charge in [0.15, 0.2) is 0 Å². The number of fused-ring (bicyclic) bond motifs is 1. The molecule has 0 radical (unpaired) electrons. The Balaban J connectivity index is 1.43. The maximum Gasteiger partial charge on any atom is 0.216 e. The van der Waals surface area contributed by atoms with Gasteiger partial charge in [-0.15, -0.1) is 10.2 Å². The van der Waals surface area contributed by atoms with Crippen LogP contribution in [0.15, 0.2) is 40.0 Å². The number of aliphatic imine (C=N–C) groups is 1. The molecule has 0 aliphatic carbocycles. The first kappa shape index (κ1) is 17.2. The molecule has 4 heterocycles. The highest BCUT2D eigenvalue weighted by molar-refractivity contribution is 6.15. The van der Waals surface area contributed by atoms with Gasteiger partial charge in [0, 0.05) is 61.1 Å². The van der Waals surface area contributed by atoms with Gasteiger partial charge in [-0.25, -0.2) is 0 Å². The molecule has 3 aromatic rings. The summed E-state index contributed by atoms with van der Waals surface area (Å²) in [6.45, 7) is 4.30. The van der Waals surface area contributed by atoms with Gasteiger partial charge in [0.2, 0.25) is 11.8 Å². The number of carbonyl (C=O) groups excluding carboxylic acids is 1. The number of Topliss-reactive ketones (excluding diaryl/α,β-unsaturated/α-hetero) is 1. The normalized spacial score (nSPS) is 12.7. The first-order chi connectivity index (χ1) is 13.1. The molecule has 7 heteroatoms. The molecule has 1 aliphatic heterocycles. The highest BCUT2D eigenvalue weighted by atomic mass is 16.4. The van der Waals surface area contributed by atoms with Gasteiger partial charge < -0.3 is 4.42 Å². The number of aromatic nitrogens is 4. The molecule has 3 aromatic heterocycles. The number of nitrogens with zero attached hydrogens (tertiary/aromatic N) is 5. The Hall–Kier alpha value is -3.22. The van der Waals surface area contributed by atoms with E-state index in [2.05, 4.69) is 25.2 Å². The van der Waals surface area contributed by atoms with Crippen LogP contribution in [0.2, 0.25) is 0 Å². The van der Waals surface area contributed by atoms with Crippen LogP contribution in [0.25, 0.3) is 0 Å². The van der Waals surface area contributed by atoms with Gasteiger partial charge in [-0.3, -0.25) is 19.8 Å². The van der Waals surface area contributed by atoms with Gasteiger partial charge in [-0.05, 0) is 30.7 Å². The van der Waals surface area contributed by atoms with E-state index in [1.54, 1.807) is 13.1 Å². The van der Waals surface area contributed by atoms with Crippen molar-refractivity contribution < 1.29 is 9.21 Å². The Morgan fingerprint density at radius 1 is 1.19 bits per heavy atom. The third-order valence-electron chi connectivity index (χ3n) is 4.44. The summed E-state index contributed by atoms with van der Waals surface area (Å²) in [6, 6.07) is 5.96. The number of rotatable bonds is 6. The van der Waals surface area contributed by atoms with Crippen molar-refractivity contribution >= 4 is 11.5 Å². The van der Waals surface area contributed by atoms with Crippen LogP contribution in [-0.4, -0.2) is 31.7 Å². The molecule has 0 saturated carbocycles. The number of pyridine rings is 2. The molecular formula is C20H19N5O2. The lowest BCUT2D eigenvalue weighted by molar-refractivity contribution is -0.118. The first-order valence-corrected chi connectivity index (χ1v) is 8.85. The topological polar surface area (TPSA) is 94.1 Å². The largest absolute Gasteiger partial charge is 0.426 e. The third kappa shape index (κ3) is 3.81. The van der Waals surface area contributed by atoms with E-state index in [0.717, 1.165) is 33.8 Å². The average Bonchev–Trinajstić information content (AvgIpc) is 3.25. The van der Waals surface area contributed by atoms with Gasteiger partial charge >= 0.3 is 0 Å². The lowest BCUT2D eigenvalue weighted by Crippen LogP contribution is -2.08. The summed E-state index contributed by atoms with van der Waals surface area (Å²) < 4.78 is 5.30. The molecule has 0 atom stereocenters. The van der Waals surface area contributed by atoms with E-state index in [1.165, 1.54) is 0 Å². The van der Waals surface area contributed by atoms with Gasteiger partial charge in [0.1, 0.15) is 5.78 Å². The SMILES string of the molecule is Cc1cc(C2=NCc3cc(CC(=O)CCc4nnc(C)o4)ncc32)ccn1. The van der Waals surface area contributed by atoms with Crippen molar-refractivity contribution in [2.75, 3.05) is 0 Å². The fourth-order valence-electron chi connectivity index (χ4n) is 3.15. The van der Waals surface area contributed by atoms with Gasteiger partial charge in [0.05, 0.1) is 12.3 Å². The molecule has 0 aromatic carbocycles. The van der Waals surface area contributed by atoms with Crippen LogP contribution in [0.5, 0.6) is 0 Å². The van der Waals surface area contributed by atoms with Gasteiger partial charge in [0.25, 0.3) is 0 Å². The Morgan fingerprint density at radius 3 is 2.85 bits per heavy atom. The second-order valence-corrected chi connectivity index (χ2v) is 6.61. The fourth-order valence-corrected chi connectivity index (χ4v) is 3.15. The van der Waals surface area contributed by atoms with Gasteiger partial charge in [-0.2, -0.15) is 0 Å². The molecule has 1 aliphatic rings. The molecule has 0 bridgehead atoms. The van der Waals surface area contributed by atoms with Crippen molar-refractivity contribution in [3.63, 3.8) is 0 Å². The predicted molar refractivity (Wildman–Crippen MR) is 98.6 cm³/mol. The van der Waals surface area contributed by atoms with Crippen LogP contribution >= 0.6 is 0 Å². The van der Waals surface area contributed by atoms with Crippen LogP contribution in [0.3, 0.4) is 0 Å². The monoisotopic (exact) mass is 361 g/mol. The number of carbonyl (C=O) groups is 1. The molecule has 0 unspecified atom stereocenters. The number of ketones is 1. The maximum atomic E-state index is 12.3. The second kappa shape index (κ2) is 7.19. The highest BCUT2D eigenvalue weighted by Crippen LogP contribution is 2.23. The Bertz CT molecular complexity index is 1040. The maximum absolute atomic E-state index is 12.3. The van der Waals surface area contributed by atoms with Crippen LogP contribution < -0.4 is 0 Å². The van der Waals surface area contributed by atoms with Crippen molar-refractivity contribution in [2.45, 2.75) is 39.7 Å². The lowest BCUT2D eigenvalue weighted by Gasteiger charge is -2.06. The molecule has 27 heavy (non-hydrogen) atoms. The number of hydrogen-bond acceptors (Lipinski definition) is 7. The summed E-state index contributed by atoms with van der Waals surface area (Å²) in [7, 11) is 0. The van der Waals surface area contributed by atoms with E-state index in [-0.39, 0.29) is 5.78 Å². The zero-order valence-electron chi connectivity index (χ0n) is 15.3. The summed E-state index contributed by atoms with van der Waals surface area (Å²) in [5.41, 5.74) is 5.83. The minimum absolute atomic E-state index is 0.0993. The van der Waals surface area contributed by atoms with Crippen LogP contribution in [0, 0.1) is 13.8 Å². The summed E-state index contributed by atoms with van der Waals surface area (Å²) >= 11 is 0. The average molecular weight is 361 g/mol. The zero-order chi connectivity index (χ0) is 18.8. The fraction of sp³-hybridized carbons (Fsp3) is 0.300. The molecule has 0 spiro atoms. The third-order valence-corrected chi connectivity index (χ3v) is 4.44. The van der Waals surface area contributed by atoms with Crippen molar-refractivity contribution in [2.24, 2.45) is 4.99 Å². The van der Waals surface area contributed by atoms with Crippen LogP contribution in [0.4, 0.5) is 0 Å². The molecule has 7 nitrogen and oxygen atoms in total. The molecule has 0 saturated heterocycles. The van der Waals surface area contributed by atoms with Crippen molar-refractivity contribution in [1.82, 2.24) is 20.2 Å². The van der Waals surface area contributed by atoms with Crippen molar-refractivity contribution in [1.29, 1.82) is 0 Å². The molecule has 0 fully saturated rings. The van der Waals surface area contributed by atoms with Crippen molar-refractivity contribution in [3.8, 4) is 0 Å². The standard InChI is InChI=1S/C20H19N5O2/c1-12-7-14(5-6-21-12)20-18-11-22-16(8-15(18)10-23-20)9-17(26)3-4-19-25-24-13(2)27-19/h5-8,11H,3-4,9-10H2,1-2H3. The lowest BCUT2D eigenvalue weighted by atomic mass is 10.0. The summed E-state index contributed by atoms with van der Waals surface area (Å²) in [4.78, 5) is 25.6. The van der Waals surface area contributed by atoms with E-state index in [4.69, 9.17) is 4.42 Å². The van der Waals surface area contributed by atoms with E-state index in [9.17, 15) is 4.79 Å². The van der Waals surface area contributed by atoms with E-state index in [1.807, 2.05) is 31.3 Å². The molecule has 4 rings (SSSR count). The minimum Gasteiger partial charge on any atom is -0.426 e. The Kier molecular flexibility index (Phi) is 4.58. The van der Waals surface area contributed by atoms with Crippen LogP contribution in [0.1, 0.15) is 46.3 Å². The predicted octanol–water partition coefficient (Wildman–Crippen LogP) is 2.57. The quantitative estimate of drug-likeness (QED) is 0.670. The van der Waals surface area contributed by atoms with Crippen LogP contribution in [-0.2, 0) is 24.2 Å². The number of aryl methyl sites for hydroxylation is 3. The smallest absolute Gasteiger partial charge is 0.216 e. The molecule has 0 N–H and O–H groups in total. The summed E-state index contributed by atoms with van der Waals surface area (Å²) in [6.07, 6.45) is 4.72. The van der Waals surface area contributed by atoms with Crippen molar-refractivity contribution in [3.05, 3.63) is 70.5 Å². The van der Waals surface area contributed by atoms with E-state index >= 15 is 0 Å². The highest BCUT2D eigenvalue weighted by Gasteiger charge is 2.19. The van der Waals surface area contributed by atoms with E-state index in [0.29, 0.717) is 37.6 Å². The van der Waals surface area contributed by atoms with E-state index < -0.39 is 0 Å². The second-order valence-electron chi connectivity index (χ2n) is 6.61. The molecule has 0 amide bonds. The number of hydrogen-bond donors (Lipinski definition) is 0. The Labute approximate surface area is 156 Å². The summed E-state index contributed by atoms with van der Waals surface area (Å²) in [5, 5.41) is 7.68.